The van der Waals surface area contributed by atoms with Crippen molar-refractivity contribution in [1.29, 1.82) is 0 Å². The number of fused-ring (bicyclic) bond motifs is 1. The van der Waals surface area contributed by atoms with Crippen LogP contribution >= 0.6 is 0 Å². The number of amides is 1. The molecule has 0 aromatic heterocycles. The Kier molecular flexibility index (Phi) is 4.77. The molecule has 0 saturated heterocycles. The molecule has 0 heterocycles. The molecular weight excluding hydrogens is 270 g/mol. The second-order valence-electron chi connectivity index (χ2n) is 6.55. The summed E-state index contributed by atoms with van der Waals surface area (Å²) in [5.74, 6) is 1.03. The van der Waals surface area contributed by atoms with Gasteiger partial charge in [0.15, 0.2) is 0 Å². The van der Waals surface area contributed by atoms with Gasteiger partial charge in [-0.2, -0.15) is 0 Å². The zero-order chi connectivity index (χ0) is 15.4. The lowest BCUT2D eigenvalue weighted by Gasteiger charge is -2.28. The maximum Gasteiger partial charge on any atom is 0.224 e. The molecular formula is C20H25NO. The SMILES string of the molecule is CCC1CCC(NC(=O)Cc2ccc3ccccc3c2)CC1. The number of rotatable bonds is 4. The minimum atomic E-state index is 0.162. The van der Waals surface area contributed by atoms with E-state index in [-0.39, 0.29) is 5.91 Å². The first-order valence-corrected chi connectivity index (χ1v) is 8.51. The van der Waals surface area contributed by atoms with Crippen molar-refractivity contribution in [2.45, 2.75) is 51.5 Å². The molecule has 2 aromatic carbocycles. The van der Waals surface area contributed by atoms with E-state index in [4.69, 9.17) is 0 Å². The third-order valence-electron chi connectivity index (χ3n) is 4.97. The highest BCUT2D eigenvalue weighted by molar-refractivity contribution is 5.85. The molecule has 0 unspecified atom stereocenters. The average molecular weight is 295 g/mol. The predicted molar refractivity (Wildman–Crippen MR) is 91.8 cm³/mol. The summed E-state index contributed by atoms with van der Waals surface area (Å²) < 4.78 is 0. The van der Waals surface area contributed by atoms with Gasteiger partial charge in [0.1, 0.15) is 0 Å². The summed E-state index contributed by atoms with van der Waals surface area (Å²) in [6.45, 7) is 2.27. The number of hydrogen-bond acceptors (Lipinski definition) is 1. The molecule has 0 aliphatic heterocycles. The first-order valence-electron chi connectivity index (χ1n) is 8.51. The largest absolute Gasteiger partial charge is 0.353 e. The van der Waals surface area contributed by atoms with Gasteiger partial charge < -0.3 is 5.32 Å². The van der Waals surface area contributed by atoms with E-state index in [1.54, 1.807) is 0 Å². The molecule has 2 nitrogen and oxygen atoms in total. The lowest BCUT2D eigenvalue weighted by molar-refractivity contribution is -0.121. The van der Waals surface area contributed by atoms with Crippen LogP contribution in [0.4, 0.5) is 0 Å². The van der Waals surface area contributed by atoms with Crippen molar-refractivity contribution in [3.63, 3.8) is 0 Å². The van der Waals surface area contributed by atoms with Crippen molar-refractivity contribution >= 4 is 16.7 Å². The number of carbonyl (C=O) groups is 1. The van der Waals surface area contributed by atoms with Gasteiger partial charge in [0, 0.05) is 6.04 Å². The summed E-state index contributed by atoms with van der Waals surface area (Å²) in [5, 5.41) is 5.65. The summed E-state index contributed by atoms with van der Waals surface area (Å²) in [5.41, 5.74) is 1.10. The molecule has 22 heavy (non-hydrogen) atoms. The van der Waals surface area contributed by atoms with Gasteiger partial charge in [-0.15, -0.1) is 0 Å². The third-order valence-corrected chi connectivity index (χ3v) is 4.97. The quantitative estimate of drug-likeness (QED) is 0.886. The molecule has 0 radical (unpaired) electrons. The van der Waals surface area contributed by atoms with Crippen molar-refractivity contribution in [3.05, 3.63) is 48.0 Å². The maximum absolute atomic E-state index is 12.3. The van der Waals surface area contributed by atoms with E-state index in [1.165, 1.54) is 30.0 Å². The van der Waals surface area contributed by atoms with Crippen LogP contribution in [0.3, 0.4) is 0 Å². The molecule has 1 saturated carbocycles. The Morgan fingerprint density at radius 3 is 2.50 bits per heavy atom. The molecule has 0 bridgehead atoms. The molecule has 3 rings (SSSR count). The van der Waals surface area contributed by atoms with Crippen LogP contribution in [0.25, 0.3) is 10.8 Å². The first kappa shape index (κ1) is 15.1. The normalized spacial score (nSPS) is 21.7. The van der Waals surface area contributed by atoms with Crippen molar-refractivity contribution < 1.29 is 4.79 Å². The van der Waals surface area contributed by atoms with E-state index in [0.717, 1.165) is 24.3 Å². The topological polar surface area (TPSA) is 29.1 Å². The van der Waals surface area contributed by atoms with E-state index in [2.05, 4.69) is 42.6 Å². The predicted octanol–water partition coefficient (Wildman–Crippen LogP) is 4.47. The minimum Gasteiger partial charge on any atom is -0.353 e. The lowest BCUT2D eigenvalue weighted by atomic mass is 9.84. The van der Waals surface area contributed by atoms with Crippen molar-refractivity contribution in [3.8, 4) is 0 Å². The number of hydrogen-bond donors (Lipinski definition) is 1. The Balaban J connectivity index is 1.56. The highest BCUT2D eigenvalue weighted by atomic mass is 16.1. The molecule has 1 N–H and O–H groups in total. The van der Waals surface area contributed by atoms with Gasteiger partial charge in [0.05, 0.1) is 6.42 Å². The van der Waals surface area contributed by atoms with Crippen LogP contribution in [0, 0.1) is 5.92 Å². The highest BCUT2D eigenvalue weighted by Crippen LogP contribution is 2.26. The Hall–Kier alpha value is -1.83. The van der Waals surface area contributed by atoms with Crippen LogP contribution in [0.5, 0.6) is 0 Å². The van der Waals surface area contributed by atoms with E-state index < -0.39 is 0 Å². The summed E-state index contributed by atoms with van der Waals surface area (Å²) in [6.07, 6.45) is 6.56. The van der Waals surface area contributed by atoms with Gasteiger partial charge >= 0.3 is 0 Å². The molecule has 1 aliphatic rings. The van der Waals surface area contributed by atoms with Gasteiger partial charge in [-0.25, -0.2) is 0 Å². The van der Waals surface area contributed by atoms with Crippen LogP contribution in [0.1, 0.15) is 44.6 Å². The van der Waals surface area contributed by atoms with E-state index in [9.17, 15) is 4.79 Å². The van der Waals surface area contributed by atoms with Crippen LogP contribution in [0.2, 0.25) is 0 Å². The molecule has 1 aliphatic carbocycles. The second-order valence-corrected chi connectivity index (χ2v) is 6.55. The minimum absolute atomic E-state index is 0.162. The Morgan fingerprint density at radius 2 is 1.77 bits per heavy atom. The van der Waals surface area contributed by atoms with Crippen LogP contribution in [-0.2, 0) is 11.2 Å². The van der Waals surface area contributed by atoms with Gasteiger partial charge in [0.25, 0.3) is 0 Å². The van der Waals surface area contributed by atoms with Gasteiger partial charge in [0.2, 0.25) is 5.91 Å². The van der Waals surface area contributed by atoms with Crippen molar-refractivity contribution in [2.75, 3.05) is 0 Å². The Bertz CT molecular complexity index is 641. The zero-order valence-electron chi connectivity index (χ0n) is 13.3. The summed E-state index contributed by atoms with van der Waals surface area (Å²) in [7, 11) is 0. The highest BCUT2D eigenvalue weighted by Gasteiger charge is 2.21. The number of nitrogens with one attached hydrogen (secondary N) is 1. The Labute approximate surface area is 132 Å². The standard InChI is InChI=1S/C20H25NO/c1-2-15-8-11-19(12-9-15)21-20(22)14-16-7-10-17-5-3-4-6-18(17)13-16/h3-7,10,13,15,19H,2,8-9,11-12,14H2,1H3,(H,21,22). The van der Waals surface area contributed by atoms with E-state index in [0.29, 0.717) is 12.5 Å². The van der Waals surface area contributed by atoms with Crippen molar-refractivity contribution in [2.24, 2.45) is 5.92 Å². The van der Waals surface area contributed by atoms with Crippen LogP contribution < -0.4 is 5.32 Å². The Morgan fingerprint density at radius 1 is 1.05 bits per heavy atom. The van der Waals surface area contributed by atoms with E-state index in [1.807, 2.05) is 12.1 Å². The summed E-state index contributed by atoms with van der Waals surface area (Å²) in [4.78, 5) is 12.3. The molecule has 116 valence electrons. The fourth-order valence-corrected chi connectivity index (χ4v) is 3.53. The summed E-state index contributed by atoms with van der Waals surface area (Å²) >= 11 is 0. The van der Waals surface area contributed by atoms with E-state index >= 15 is 0 Å². The average Bonchev–Trinajstić information content (AvgIpc) is 2.55. The monoisotopic (exact) mass is 295 g/mol. The maximum atomic E-state index is 12.3. The van der Waals surface area contributed by atoms with Gasteiger partial charge in [-0.1, -0.05) is 55.8 Å². The molecule has 1 amide bonds. The fraction of sp³-hybridized carbons (Fsp3) is 0.450. The number of carbonyl (C=O) groups excluding carboxylic acids is 1. The molecule has 0 spiro atoms. The van der Waals surface area contributed by atoms with Crippen LogP contribution in [0.15, 0.2) is 42.5 Å². The second kappa shape index (κ2) is 6.95. The van der Waals surface area contributed by atoms with Gasteiger partial charge in [-0.05, 0) is 47.9 Å². The molecule has 2 heteroatoms. The molecule has 2 aromatic rings. The fourth-order valence-electron chi connectivity index (χ4n) is 3.53. The van der Waals surface area contributed by atoms with Crippen molar-refractivity contribution in [1.82, 2.24) is 5.32 Å². The summed E-state index contributed by atoms with van der Waals surface area (Å²) in [6, 6.07) is 15.0. The smallest absolute Gasteiger partial charge is 0.224 e. The van der Waals surface area contributed by atoms with Crippen LogP contribution in [-0.4, -0.2) is 11.9 Å². The van der Waals surface area contributed by atoms with Gasteiger partial charge in [-0.3, -0.25) is 4.79 Å². The molecule has 0 atom stereocenters. The lowest BCUT2D eigenvalue weighted by Crippen LogP contribution is -2.38. The number of benzene rings is 2. The zero-order valence-corrected chi connectivity index (χ0v) is 13.3. The first-order chi connectivity index (χ1) is 10.7. The molecule has 1 fully saturated rings. The third kappa shape index (κ3) is 3.68.